The van der Waals surface area contributed by atoms with E-state index in [9.17, 15) is 18.4 Å². The van der Waals surface area contributed by atoms with Crippen molar-refractivity contribution < 1.29 is 23.1 Å². The van der Waals surface area contributed by atoms with Gasteiger partial charge in [0.1, 0.15) is 11.6 Å². The largest absolute Gasteiger partial charge is 0.465 e. The molecule has 0 radical (unpaired) electrons. The minimum atomic E-state index is -1.04. The molecule has 0 heterocycles. The van der Waals surface area contributed by atoms with Gasteiger partial charge in [-0.1, -0.05) is 13.8 Å². The summed E-state index contributed by atoms with van der Waals surface area (Å²) < 4.78 is 31.1. The summed E-state index contributed by atoms with van der Waals surface area (Å²) in [5.74, 6) is -3.73. The number of esters is 1. The lowest BCUT2D eigenvalue weighted by atomic mass is 10.1. The Balaban J connectivity index is 3.13. The number of ether oxygens (including phenoxy) is 1. The number of methoxy groups -OCH3 is 1. The number of nitrogens with one attached hydrogen (secondary N) is 1. The zero-order valence-electron chi connectivity index (χ0n) is 10.2. The highest BCUT2D eigenvalue weighted by molar-refractivity contribution is 5.95. The van der Waals surface area contributed by atoms with E-state index in [0.29, 0.717) is 6.07 Å². The van der Waals surface area contributed by atoms with Crippen LogP contribution in [0.3, 0.4) is 0 Å². The standard InChI is InChI=1S/C12H13F2NO3/c1-6(2)11(16)15-10-4-7(12(17)18-3)8(13)5-9(10)14/h4-6H,1-3H3,(H,15,16). The molecule has 0 aromatic heterocycles. The smallest absolute Gasteiger partial charge is 0.340 e. The van der Waals surface area contributed by atoms with Gasteiger partial charge in [-0.05, 0) is 6.07 Å². The molecule has 6 heteroatoms. The van der Waals surface area contributed by atoms with Gasteiger partial charge in [-0.25, -0.2) is 13.6 Å². The highest BCUT2D eigenvalue weighted by Crippen LogP contribution is 2.20. The Labute approximate surface area is 103 Å². The third kappa shape index (κ3) is 3.03. The van der Waals surface area contributed by atoms with Crippen molar-refractivity contribution in [1.29, 1.82) is 0 Å². The van der Waals surface area contributed by atoms with Crippen molar-refractivity contribution >= 4 is 17.6 Å². The summed E-state index contributed by atoms with van der Waals surface area (Å²) in [5, 5.41) is 2.27. The van der Waals surface area contributed by atoms with E-state index in [1.807, 2.05) is 0 Å². The van der Waals surface area contributed by atoms with Gasteiger partial charge >= 0.3 is 5.97 Å². The molecule has 0 fully saturated rings. The van der Waals surface area contributed by atoms with E-state index in [-0.39, 0.29) is 11.6 Å². The maximum Gasteiger partial charge on any atom is 0.340 e. The van der Waals surface area contributed by atoms with Crippen LogP contribution < -0.4 is 5.32 Å². The Morgan fingerprint density at radius 3 is 2.33 bits per heavy atom. The van der Waals surface area contributed by atoms with Crippen LogP contribution in [-0.4, -0.2) is 19.0 Å². The van der Waals surface area contributed by atoms with Crippen LogP contribution in [-0.2, 0) is 9.53 Å². The number of hydrogen-bond donors (Lipinski definition) is 1. The minimum absolute atomic E-state index is 0.254. The van der Waals surface area contributed by atoms with Crippen molar-refractivity contribution in [2.24, 2.45) is 5.92 Å². The van der Waals surface area contributed by atoms with Crippen LogP contribution in [0.15, 0.2) is 12.1 Å². The summed E-state index contributed by atoms with van der Waals surface area (Å²) in [6, 6.07) is 1.44. The van der Waals surface area contributed by atoms with Gasteiger partial charge in [-0.15, -0.1) is 0 Å². The van der Waals surface area contributed by atoms with Crippen LogP contribution in [0.2, 0.25) is 0 Å². The molecule has 1 N–H and O–H groups in total. The van der Waals surface area contributed by atoms with E-state index in [0.717, 1.165) is 13.2 Å². The molecule has 0 saturated carbocycles. The average Bonchev–Trinajstić information content (AvgIpc) is 2.31. The number of rotatable bonds is 3. The van der Waals surface area contributed by atoms with Crippen molar-refractivity contribution in [3.8, 4) is 0 Å². The fraction of sp³-hybridized carbons (Fsp3) is 0.333. The molecule has 0 unspecified atom stereocenters. The molecule has 1 amide bonds. The van der Waals surface area contributed by atoms with E-state index < -0.39 is 29.1 Å². The molecule has 1 rings (SSSR count). The van der Waals surface area contributed by atoms with Crippen LogP contribution in [0.1, 0.15) is 24.2 Å². The first-order chi connectivity index (χ1) is 8.36. The summed E-state index contributed by atoms with van der Waals surface area (Å²) in [5.41, 5.74) is -0.687. The lowest BCUT2D eigenvalue weighted by Crippen LogP contribution is -2.19. The third-order valence-corrected chi connectivity index (χ3v) is 2.24. The van der Waals surface area contributed by atoms with Gasteiger partial charge in [0.2, 0.25) is 5.91 Å². The Morgan fingerprint density at radius 1 is 1.22 bits per heavy atom. The molecule has 18 heavy (non-hydrogen) atoms. The van der Waals surface area contributed by atoms with Crippen molar-refractivity contribution in [3.05, 3.63) is 29.3 Å². The second-order valence-corrected chi connectivity index (χ2v) is 3.95. The lowest BCUT2D eigenvalue weighted by Gasteiger charge is -2.10. The Hall–Kier alpha value is -1.98. The van der Waals surface area contributed by atoms with E-state index in [1.165, 1.54) is 0 Å². The maximum absolute atomic E-state index is 13.4. The maximum atomic E-state index is 13.4. The SMILES string of the molecule is COC(=O)c1cc(NC(=O)C(C)C)c(F)cc1F. The van der Waals surface area contributed by atoms with E-state index >= 15 is 0 Å². The average molecular weight is 257 g/mol. The fourth-order valence-corrected chi connectivity index (χ4v) is 1.19. The molecule has 1 aromatic rings. The Kier molecular flexibility index (Phi) is 4.36. The normalized spacial score (nSPS) is 10.3. The van der Waals surface area contributed by atoms with E-state index in [1.54, 1.807) is 13.8 Å². The monoisotopic (exact) mass is 257 g/mol. The van der Waals surface area contributed by atoms with Gasteiger partial charge < -0.3 is 10.1 Å². The molecular weight excluding hydrogens is 244 g/mol. The first kappa shape index (κ1) is 14.1. The van der Waals surface area contributed by atoms with Gasteiger partial charge in [0.05, 0.1) is 18.4 Å². The first-order valence-electron chi connectivity index (χ1n) is 5.25. The zero-order chi connectivity index (χ0) is 13.9. The molecule has 1 aromatic carbocycles. The van der Waals surface area contributed by atoms with Gasteiger partial charge in [0.15, 0.2) is 0 Å². The number of carbonyl (C=O) groups is 2. The summed E-state index contributed by atoms with van der Waals surface area (Å²) in [6.45, 7) is 3.25. The molecule has 0 spiro atoms. The second-order valence-electron chi connectivity index (χ2n) is 3.95. The van der Waals surface area contributed by atoms with Gasteiger partial charge in [0.25, 0.3) is 0 Å². The molecule has 0 bridgehead atoms. The zero-order valence-corrected chi connectivity index (χ0v) is 10.2. The molecule has 0 aliphatic rings. The number of benzene rings is 1. The predicted octanol–water partition coefficient (Wildman–Crippen LogP) is 2.35. The number of anilines is 1. The van der Waals surface area contributed by atoms with Crippen LogP contribution in [0, 0.1) is 17.6 Å². The van der Waals surface area contributed by atoms with Crippen molar-refractivity contribution in [2.75, 3.05) is 12.4 Å². The fourth-order valence-electron chi connectivity index (χ4n) is 1.19. The van der Waals surface area contributed by atoms with Crippen molar-refractivity contribution in [1.82, 2.24) is 0 Å². The first-order valence-corrected chi connectivity index (χ1v) is 5.25. The summed E-state index contributed by atoms with van der Waals surface area (Å²) in [4.78, 5) is 22.6. The number of carbonyl (C=O) groups excluding carboxylic acids is 2. The summed E-state index contributed by atoms with van der Waals surface area (Å²) in [6.07, 6.45) is 0. The molecule has 0 saturated heterocycles. The lowest BCUT2D eigenvalue weighted by molar-refractivity contribution is -0.118. The topological polar surface area (TPSA) is 55.4 Å². The van der Waals surface area contributed by atoms with Gasteiger partial charge in [-0.2, -0.15) is 0 Å². The number of hydrogen-bond acceptors (Lipinski definition) is 3. The van der Waals surface area contributed by atoms with Crippen LogP contribution in [0.5, 0.6) is 0 Å². The van der Waals surface area contributed by atoms with Gasteiger partial charge in [-0.3, -0.25) is 4.79 Å². The molecule has 0 atom stereocenters. The number of halogens is 2. The van der Waals surface area contributed by atoms with Crippen molar-refractivity contribution in [2.45, 2.75) is 13.8 Å². The molecule has 4 nitrogen and oxygen atoms in total. The van der Waals surface area contributed by atoms with Crippen LogP contribution in [0.4, 0.5) is 14.5 Å². The van der Waals surface area contributed by atoms with Gasteiger partial charge in [0, 0.05) is 12.0 Å². The Bertz CT molecular complexity index is 486. The second kappa shape index (κ2) is 5.57. The van der Waals surface area contributed by atoms with Crippen LogP contribution >= 0.6 is 0 Å². The van der Waals surface area contributed by atoms with E-state index in [4.69, 9.17) is 0 Å². The highest BCUT2D eigenvalue weighted by Gasteiger charge is 2.18. The summed E-state index contributed by atoms with van der Waals surface area (Å²) in [7, 11) is 1.08. The molecular formula is C12H13F2NO3. The number of amides is 1. The van der Waals surface area contributed by atoms with E-state index in [2.05, 4.69) is 10.1 Å². The molecule has 0 aliphatic carbocycles. The highest BCUT2D eigenvalue weighted by atomic mass is 19.1. The minimum Gasteiger partial charge on any atom is -0.465 e. The predicted molar refractivity (Wildman–Crippen MR) is 61.2 cm³/mol. The molecule has 98 valence electrons. The summed E-state index contributed by atoms with van der Waals surface area (Å²) >= 11 is 0. The third-order valence-electron chi connectivity index (χ3n) is 2.24. The Morgan fingerprint density at radius 2 is 1.83 bits per heavy atom. The van der Waals surface area contributed by atoms with Crippen LogP contribution in [0.25, 0.3) is 0 Å². The van der Waals surface area contributed by atoms with Crippen molar-refractivity contribution in [3.63, 3.8) is 0 Å². The molecule has 0 aliphatic heterocycles. The quantitative estimate of drug-likeness (QED) is 0.845.